The van der Waals surface area contributed by atoms with Crippen LogP contribution in [0.5, 0.6) is 5.75 Å². The van der Waals surface area contributed by atoms with E-state index in [9.17, 15) is 31.5 Å². The summed E-state index contributed by atoms with van der Waals surface area (Å²) in [6.45, 7) is 2.11. The number of alkyl halides is 3. The topological polar surface area (TPSA) is 121 Å². The van der Waals surface area contributed by atoms with Crippen molar-refractivity contribution >= 4 is 26.6 Å². The molecule has 208 valence electrons. The first-order valence-electron chi connectivity index (χ1n) is 11.3. The summed E-state index contributed by atoms with van der Waals surface area (Å²) in [6, 6.07) is 5.22. The summed E-state index contributed by atoms with van der Waals surface area (Å²) in [4.78, 5) is 26.0. The van der Waals surface area contributed by atoms with Crippen molar-refractivity contribution in [2.24, 2.45) is 17.6 Å². The van der Waals surface area contributed by atoms with Crippen molar-refractivity contribution in [3.8, 4) is 5.75 Å². The average molecular weight is 563 g/mol. The molecule has 1 saturated heterocycles. The fraction of sp³-hybridized carbons (Fsp3) is 0.458. The first-order valence-corrected chi connectivity index (χ1v) is 11.7. The molecule has 2 unspecified atom stereocenters. The predicted molar refractivity (Wildman–Crippen MR) is 128 cm³/mol. The highest BCUT2D eigenvalue weighted by atomic mass is 31.0. The maximum absolute atomic E-state index is 13.7. The second-order valence-electron chi connectivity index (χ2n) is 8.85. The molecule has 1 aromatic heterocycles. The number of carbonyl (C=O) groups is 2. The summed E-state index contributed by atoms with van der Waals surface area (Å²) in [6.07, 6.45) is -1.21. The number of carbonyl (C=O) groups excluding carboxylic acids is 2. The van der Waals surface area contributed by atoms with Gasteiger partial charge >= 0.3 is 6.18 Å². The van der Waals surface area contributed by atoms with Crippen molar-refractivity contribution in [3.05, 3.63) is 53.4 Å². The van der Waals surface area contributed by atoms with Crippen LogP contribution in [-0.2, 0) is 14.1 Å². The Bertz CT molecular complexity index is 1160. The van der Waals surface area contributed by atoms with E-state index in [0.29, 0.717) is 5.69 Å². The van der Waals surface area contributed by atoms with E-state index in [1.807, 2.05) is 0 Å². The summed E-state index contributed by atoms with van der Waals surface area (Å²) < 4.78 is 84.1. The van der Waals surface area contributed by atoms with Gasteiger partial charge in [0.2, 0.25) is 11.7 Å². The second kappa shape index (κ2) is 12.6. The van der Waals surface area contributed by atoms with Crippen molar-refractivity contribution < 1.29 is 45.6 Å². The first kappa shape index (κ1) is 31.0. The van der Waals surface area contributed by atoms with Gasteiger partial charge in [-0.2, -0.15) is 17.6 Å². The van der Waals surface area contributed by atoms with E-state index in [1.165, 1.54) is 25.3 Å². The zero-order chi connectivity index (χ0) is 28.8. The van der Waals surface area contributed by atoms with E-state index < -0.39 is 41.2 Å². The van der Waals surface area contributed by atoms with Crippen LogP contribution in [0.2, 0.25) is 0 Å². The van der Waals surface area contributed by atoms with Crippen LogP contribution in [0.15, 0.2) is 30.5 Å². The van der Waals surface area contributed by atoms with E-state index in [0.717, 1.165) is 32.9 Å². The minimum atomic E-state index is -4.55. The molecule has 0 spiro atoms. The SMILES string of the molecule is COc1c(C2CO[C@@](C)(C(F)(F)F)C2C)ccc(F)c1F.NC(=O)c1cc(NC(=O)C2CC2)ccn1.O=P. The molecular weight excluding hydrogens is 536 g/mol. The number of amides is 2. The molecule has 1 saturated carbocycles. The number of hydrogen-bond donors (Lipinski definition) is 2. The highest BCUT2D eigenvalue weighted by Crippen LogP contribution is 2.51. The van der Waals surface area contributed by atoms with Gasteiger partial charge in [0.1, 0.15) is 14.8 Å². The zero-order valence-electron chi connectivity index (χ0n) is 20.7. The third-order valence-electron chi connectivity index (χ3n) is 6.51. The molecule has 1 aliphatic heterocycles. The molecule has 2 fully saturated rings. The molecule has 4 rings (SSSR count). The molecular formula is C24H27F5N3O5P. The molecule has 0 bridgehead atoms. The maximum atomic E-state index is 13.7. The van der Waals surface area contributed by atoms with Crippen molar-refractivity contribution in [1.82, 2.24) is 4.98 Å². The Morgan fingerprint density at radius 2 is 1.84 bits per heavy atom. The Kier molecular flexibility index (Phi) is 10.3. The van der Waals surface area contributed by atoms with E-state index in [1.54, 1.807) is 15.2 Å². The van der Waals surface area contributed by atoms with Crippen molar-refractivity contribution in [2.45, 2.75) is 44.4 Å². The normalized spacial score (nSPS) is 22.3. The van der Waals surface area contributed by atoms with Crippen molar-refractivity contribution in [1.29, 1.82) is 0 Å². The summed E-state index contributed by atoms with van der Waals surface area (Å²) in [5.74, 6) is -4.85. The van der Waals surface area contributed by atoms with Gasteiger partial charge in [-0.25, -0.2) is 4.39 Å². The lowest BCUT2D eigenvalue weighted by atomic mass is 9.79. The van der Waals surface area contributed by atoms with Crippen LogP contribution in [0.3, 0.4) is 0 Å². The third-order valence-corrected chi connectivity index (χ3v) is 6.51. The van der Waals surface area contributed by atoms with E-state index >= 15 is 0 Å². The van der Waals surface area contributed by atoms with Crippen LogP contribution in [0.4, 0.5) is 27.6 Å². The van der Waals surface area contributed by atoms with Gasteiger partial charge in [0, 0.05) is 35.2 Å². The Morgan fingerprint density at radius 1 is 1.21 bits per heavy atom. The van der Waals surface area contributed by atoms with E-state index in [4.69, 9.17) is 19.8 Å². The van der Waals surface area contributed by atoms with Crippen LogP contribution in [0, 0.1) is 23.5 Å². The maximum Gasteiger partial charge on any atom is 0.417 e. The highest BCUT2D eigenvalue weighted by Gasteiger charge is 2.61. The molecule has 3 atom stereocenters. The number of primary amides is 1. The number of anilines is 1. The number of hydrogen-bond acceptors (Lipinski definition) is 6. The molecule has 2 heterocycles. The molecule has 3 N–H and O–H groups in total. The number of benzene rings is 1. The second-order valence-corrected chi connectivity index (χ2v) is 8.85. The monoisotopic (exact) mass is 563 g/mol. The van der Waals surface area contributed by atoms with Gasteiger partial charge in [0.05, 0.1) is 13.7 Å². The van der Waals surface area contributed by atoms with Gasteiger partial charge < -0.3 is 20.5 Å². The van der Waals surface area contributed by atoms with Crippen LogP contribution < -0.4 is 15.8 Å². The highest BCUT2D eigenvalue weighted by molar-refractivity contribution is 7.00. The average Bonchev–Trinajstić information content (AvgIpc) is 3.68. The quantitative estimate of drug-likeness (QED) is 0.388. The summed E-state index contributed by atoms with van der Waals surface area (Å²) in [7, 11) is 2.87. The van der Waals surface area contributed by atoms with Gasteiger partial charge in [0.15, 0.2) is 17.2 Å². The fourth-order valence-electron chi connectivity index (χ4n) is 3.90. The van der Waals surface area contributed by atoms with Crippen molar-refractivity contribution in [3.63, 3.8) is 0 Å². The van der Waals surface area contributed by atoms with Crippen LogP contribution in [-0.4, -0.2) is 42.3 Å². The summed E-state index contributed by atoms with van der Waals surface area (Å²) in [5.41, 5.74) is 3.64. The molecule has 2 aliphatic rings. The van der Waals surface area contributed by atoms with E-state index in [2.05, 4.69) is 10.3 Å². The Balaban J connectivity index is 0.000000262. The molecule has 2 amide bonds. The molecule has 38 heavy (non-hydrogen) atoms. The standard InChI is InChI=1S/C14H15F5O2.C10H11N3O2.HOP/c1-7-9(6-21-13(7,2)14(17,18)19)8-4-5-10(15)11(16)12(8)20-3;11-9(14)8-5-7(3-4-12-8)13-10(15)6-1-2-6;1-2/h4-5,7,9H,6H2,1-3H3;3-6H,1-2H2,(H2,11,14)(H,12,13,15);2H/t7?,9?,13-;;/m1../s1. The Labute approximate surface area is 217 Å². The number of aromatic nitrogens is 1. The third kappa shape index (κ3) is 6.82. The molecule has 14 heteroatoms. The lowest BCUT2D eigenvalue weighted by Gasteiger charge is -2.32. The number of rotatable bonds is 5. The molecule has 0 radical (unpaired) electrons. The summed E-state index contributed by atoms with van der Waals surface area (Å²) >= 11 is 0. The number of nitrogens with zero attached hydrogens (tertiary/aromatic N) is 1. The number of nitrogens with two attached hydrogens (primary N) is 1. The van der Waals surface area contributed by atoms with Crippen LogP contribution in [0.25, 0.3) is 0 Å². The minimum absolute atomic E-state index is 0.00313. The Hall–Kier alpha value is -3.18. The predicted octanol–water partition coefficient (Wildman–Crippen LogP) is 5.05. The van der Waals surface area contributed by atoms with Crippen molar-refractivity contribution in [2.75, 3.05) is 19.0 Å². The lowest BCUT2D eigenvalue weighted by Crippen LogP contribution is -2.46. The molecule has 2 aromatic rings. The molecule has 1 aliphatic carbocycles. The zero-order valence-corrected chi connectivity index (χ0v) is 21.7. The number of ether oxygens (including phenoxy) is 2. The smallest absolute Gasteiger partial charge is 0.417 e. The number of methoxy groups -OCH3 is 1. The van der Waals surface area contributed by atoms with Crippen LogP contribution in [0.1, 0.15) is 48.7 Å². The first-order chi connectivity index (χ1) is 17.8. The van der Waals surface area contributed by atoms with Gasteiger partial charge in [-0.05, 0) is 38.0 Å². The fourth-order valence-corrected chi connectivity index (χ4v) is 3.90. The lowest BCUT2D eigenvalue weighted by molar-refractivity contribution is -0.266. The van der Waals surface area contributed by atoms with Crippen LogP contribution >= 0.6 is 9.12 Å². The minimum Gasteiger partial charge on any atom is -0.493 e. The largest absolute Gasteiger partial charge is 0.493 e. The summed E-state index contributed by atoms with van der Waals surface area (Å²) in [5, 5.41) is 2.71. The number of nitrogens with one attached hydrogen (secondary N) is 1. The van der Waals surface area contributed by atoms with Gasteiger partial charge in [-0.3, -0.25) is 19.1 Å². The number of halogens is 5. The molecule has 1 aromatic carbocycles. The van der Waals surface area contributed by atoms with Gasteiger partial charge in [-0.1, -0.05) is 13.0 Å². The van der Waals surface area contributed by atoms with Gasteiger partial charge in [-0.15, -0.1) is 0 Å². The molecule has 8 nitrogen and oxygen atoms in total. The van der Waals surface area contributed by atoms with Gasteiger partial charge in [0.25, 0.3) is 5.91 Å². The van der Waals surface area contributed by atoms with E-state index in [-0.39, 0.29) is 35.4 Å². The number of pyridine rings is 1. The Morgan fingerprint density at radius 3 is 2.34 bits per heavy atom.